The molecular formula is C18H14ClFN4O3. The molecule has 27 heavy (non-hydrogen) atoms. The van der Waals surface area contributed by atoms with E-state index in [2.05, 4.69) is 15.3 Å². The lowest BCUT2D eigenvalue weighted by Gasteiger charge is -2.11. The van der Waals surface area contributed by atoms with Gasteiger partial charge in [-0.2, -0.15) is 4.98 Å². The fourth-order valence-corrected chi connectivity index (χ4v) is 2.57. The molecule has 0 unspecified atom stereocenters. The van der Waals surface area contributed by atoms with Gasteiger partial charge in [-0.3, -0.25) is 10.1 Å². The Bertz CT molecular complexity index is 1010. The Morgan fingerprint density at radius 1 is 1.19 bits per heavy atom. The van der Waals surface area contributed by atoms with E-state index in [-0.39, 0.29) is 17.4 Å². The van der Waals surface area contributed by atoms with Gasteiger partial charge in [-0.25, -0.2) is 9.37 Å². The minimum absolute atomic E-state index is 0.0448. The number of para-hydroxylation sites is 1. The summed E-state index contributed by atoms with van der Waals surface area (Å²) in [4.78, 5) is 18.6. The lowest BCUT2D eigenvalue weighted by atomic mass is 10.1. The molecule has 0 aliphatic heterocycles. The van der Waals surface area contributed by atoms with Gasteiger partial charge < -0.3 is 10.1 Å². The number of anilines is 2. The maximum absolute atomic E-state index is 13.9. The van der Waals surface area contributed by atoms with Crippen LogP contribution in [0.15, 0.2) is 42.7 Å². The first kappa shape index (κ1) is 18.5. The van der Waals surface area contributed by atoms with Crippen LogP contribution in [0.2, 0.25) is 5.02 Å². The van der Waals surface area contributed by atoms with Gasteiger partial charge >= 0.3 is 11.6 Å². The summed E-state index contributed by atoms with van der Waals surface area (Å²) < 4.78 is 19.5. The fraction of sp³-hybridized carbons (Fsp3) is 0.111. The molecule has 1 heterocycles. The van der Waals surface area contributed by atoms with E-state index in [4.69, 9.17) is 16.3 Å². The van der Waals surface area contributed by atoms with E-state index >= 15 is 0 Å². The number of nitrogens with one attached hydrogen (secondary N) is 1. The van der Waals surface area contributed by atoms with E-state index in [1.807, 2.05) is 0 Å². The average Bonchev–Trinajstić information content (AvgIpc) is 2.61. The van der Waals surface area contributed by atoms with Crippen molar-refractivity contribution >= 4 is 28.8 Å². The summed E-state index contributed by atoms with van der Waals surface area (Å²) in [6.07, 6.45) is 1.10. The molecule has 0 aliphatic rings. The number of aromatic nitrogens is 2. The molecule has 0 saturated carbocycles. The highest BCUT2D eigenvalue weighted by Crippen LogP contribution is 2.37. The van der Waals surface area contributed by atoms with Crippen LogP contribution in [0.4, 0.5) is 21.6 Å². The third kappa shape index (κ3) is 3.95. The number of nitro groups is 1. The van der Waals surface area contributed by atoms with Crippen molar-refractivity contribution in [2.45, 2.75) is 13.8 Å². The van der Waals surface area contributed by atoms with Crippen molar-refractivity contribution in [3.8, 4) is 11.6 Å². The SMILES string of the molecule is Cc1cc(Oc2ncnc(Nc3ccccc3F)c2[N+](=O)[O-])cc(C)c1Cl. The Balaban J connectivity index is 2.02. The van der Waals surface area contributed by atoms with Gasteiger partial charge in [-0.05, 0) is 49.2 Å². The highest BCUT2D eigenvalue weighted by Gasteiger charge is 2.26. The smallest absolute Gasteiger partial charge is 0.373 e. The summed E-state index contributed by atoms with van der Waals surface area (Å²) in [6.45, 7) is 3.59. The van der Waals surface area contributed by atoms with Crippen LogP contribution < -0.4 is 10.1 Å². The molecule has 1 aromatic heterocycles. The first-order chi connectivity index (χ1) is 12.9. The molecule has 0 radical (unpaired) electrons. The summed E-state index contributed by atoms with van der Waals surface area (Å²) in [5, 5.41) is 14.8. The minimum Gasteiger partial charge on any atom is -0.434 e. The van der Waals surface area contributed by atoms with Gasteiger partial charge in [-0.1, -0.05) is 23.7 Å². The largest absolute Gasteiger partial charge is 0.434 e. The second kappa shape index (κ2) is 7.55. The normalized spacial score (nSPS) is 10.5. The van der Waals surface area contributed by atoms with E-state index in [1.54, 1.807) is 32.0 Å². The average molecular weight is 389 g/mol. The second-order valence-electron chi connectivity index (χ2n) is 5.71. The summed E-state index contributed by atoms with van der Waals surface area (Å²) in [7, 11) is 0. The van der Waals surface area contributed by atoms with Crippen molar-refractivity contribution in [1.29, 1.82) is 0 Å². The molecule has 0 fully saturated rings. The maximum Gasteiger partial charge on any atom is 0.373 e. The molecule has 9 heteroatoms. The van der Waals surface area contributed by atoms with Crippen LogP contribution in [-0.2, 0) is 0 Å². The Morgan fingerprint density at radius 2 is 1.85 bits per heavy atom. The minimum atomic E-state index is -0.686. The van der Waals surface area contributed by atoms with Crippen LogP contribution in [-0.4, -0.2) is 14.9 Å². The van der Waals surface area contributed by atoms with Gasteiger partial charge in [0, 0.05) is 5.02 Å². The van der Waals surface area contributed by atoms with Gasteiger partial charge in [0.05, 0.1) is 10.6 Å². The number of hydrogen-bond acceptors (Lipinski definition) is 6. The van der Waals surface area contributed by atoms with Crippen LogP contribution in [0, 0.1) is 29.8 Å². The molecule has 0 spiro atoms. The van der Waals surface area contributed by atoms with E-state index in [0.29, 0.717) is 10.8 Å². The van der Waals surface area contributed by atoms with Crippen molar-refractivity contribution in [2.75, 3.05) is 5.32 Å². The van der Waals surface area contributed by atoms with Gasteiger partial charge in [0.15, 0.2) is 0 Å². The Labute approximate surface area is 158 Å². The molecule has 0 atom stereocenters. The zero-order valence-electron chi connectivity index (χ0n) is 14.4. The van der Waals surface area contributed by atoms with Crippen molar-refractivity contribution in [3.63, 3.8) is 0 Å². The van der Waals surface area contributed by atoms with E-state index < -0.39 is 16.4 Å². The Morgan fingerprint density at radius 3 is 2.48 bits per heavy atom. The second-order valence-corrected chi connectivity index (χ2v) is 6.09. The highest BCUT2D eigenvalue weighted by molar-refractivity contribution is 6.32. The number of aryl methyl sites for hydroxylation is 2. The number of rotatable bonds is 5. The van der Waals surface area contributed by atoms with E-state index in [1.165, 1.54) is 18.2 Å². The zero-order chi connectivity index (χ0) is 19.6. The zero-order valence-corrected chi connectivity index (χ0v) is 15.1. The Kier molecular flexibility index (Phi) is 5.18. The molecule has 0 amide bonds. The van der Waals surface area contributed by atoms with Crippen LogP contribution in [0.3, 0.4) is 0 Å². The van der Waals surface area contributed by atoms with Gasteiger partial charge in [0.1, 0.15) is 17.9 Å². The van der Waals surface area contributed by atoms with Crippen LogP contribution in [0.1, 0.15) is 11.1 Å². The highest BCUT2D eigenvalue weighted by atomic mass is 35.5. The summed E-state index contributed by atoms with van der Waals surface area (Å²) in [6, 6.07) is 9.06. The first-order valence-electron chi connectivity index (χ1n) is 7.82. The van der Waals surface area contributed by atoms with Crippen LogP contribution in [0.5, 0.6) is 11.6 Å². The molecule has 7 nitrogen and oxygen atoms in total. The third-order valence-electron chi connectivity index (χ3n) is 3.72. The van der Waals surface area contributed by atoms with Gasteiger partial charge in [0.25, 0.3) is 0 Å². The molecule has 138 valence electrons. The number of hydrogen-bond donors (Lipinski definition) is 1. The van der Waals surface area contributed by atoms with Gasteiger partial charge in [0.2, 0.25) is 5.82 Å². The van der Waals surface area contributed by atoms with Crippen LogP contribution in [0.25, 0.3) is 0 Å². The van der Waals surface area contributed by atoms with Crippen LogP contribution >= 0.6 is 11.6 Å². The van der Waals surface area contributed by atoms with Crippen molar-refractivity contribution < 1.29 is 14.1 Å². The molecule has 2 aromatic carbocycles. The summed E-state index contributed by atoms with van der Waals surface area (Å²) in [5.41, 5.74) is 1.05. The summed E-state index contributed by atoms with van der Waals surface area (Å²) in [5.74, 6) is -0.683. The third-order valence-corrected chi connectivity index (χ3v) is 4.32. The standard InChI is InChI=1S/C18H14ClFN4O3/c1-10-7-12(8-11(2)15(10)19)27-18-16(24(25)26)17(21-9-22-18)23-14-6-4-3-5-13(14)20/h3-9H,1-2H3,(H,21,22,23). The fourth-order valence-electron chi connectivity index (χ4n) is 2.46. The molecule has 0 saturated heterocycles. The number of halogens is 2. The molecular weight excluding hydrogens is 375 g/mol. The number of ether oxygens (including phenoxy) is 1. The molecule has 1 N–H and O–H groups in total. The first-order valence-corrected chi connectivity index (χ1v) is 8.20. The van der Waals surface area contributed by atoms with E-state index in [9.17, 15) is 14.5 Å². The van der Waals surface area contributed by atoms with Gasteiger partial charge in [-0.15, -0.1) is 0 Å². The maximum atomic E-state index is 13.9. The molecule has 3 aromatic rings. The predicted molar refractivity (Wildman–Crippen MR) is 99.4 cm³/mol. The quantitative estimate of drug-likeness (QED) is 0.469. The number of benzene rings is 2. The summed E-state index contributed by atoms with van der Waals surface area (Å²) >= 11 is 6.13. The molecule has 3 rings (SSSR count). The van der Waals surface area contributed by atoms with E-state index in [0.717, 1.165) is 17.5 Å². The topological polar surface area (TPSA) is 90.2 Å². The lowest BCUT2D eigenvalue weighted by Crippen LogP contribution is -2.04. The van der Waals surface area contributed by atoms with Crippen molar-refractivity contribution in [2.24, 2.45) is 0 Å². The molecule has 0 bridgehead atoms. The molecule has 0 aliphatic carbocycles. The van der Waals surface area contributed by atoms with Crippen molar-refractivity contribution in [1.82, 2.24) is 9.97 Å². The van der Waals surface area contributed by atoms with Crippen molar-refractivity contribution in [3.05, 3.63) is 74.8 Å². The Hall–Kier alpha value is -3.26. The number of nitrogens with zero attached hydrogens (tertiary/aromatic N) is 3. The predicted octanol–water partition coefficient (Wildman–Crippen LogP) is 5.33. The lowest BCUT2D eigenvalue weighted by molar-refractivity contribution is -0.385. The monoisotopic (exact) mass is 388 g/mol.